The van der Waals surface area contributed by atoms with Crippen LogP contribution in [0.15, 0.2) is 18.2 Å². The molecular weight excluding hydrogens is 241 g/mol. The fourth-order valence-electron chi connectivity index (χ4n) is 2.07. The zero-order chi connectivity index (χ0) is 14.4. The van der Waals surface area contributed by atoms with Crippen LogP contribution in [-0.4, -0.2) is 20.2 Å². The molecule has 1 aromatic rings. The quantitative estimate of drug-likeness (QED) is 0.811. The van der Waals surface area contributed by atoms with Crippen LogP contribution in [0, 0.1) is 17.7 Å². The Balaban J connectivity index is 2.61. The second kappa shape index (κ2) is 7.49. The number of methoxy groups -OCH3 is 1. The van der Waals surface area contributed by atoms with Crippen LogP contribution in [0.4, 0.5) is 4.39 Å². The van der Waals surface area contributed by atoms with Gasteiger partial charge in [0.1, 0.15) is 0 Å². The molecule has 0 aliphatic heterocycles. The third kappa shape index (κ3) is 4.83. The third-order valence-corrected chi connectivity index (χ3v) is 3.57. The number of hydrogen-bond acceptors (Lipinski definition) is 2. The molecule has 0 aliphatic rings. The van der Waals surface area contributed by atoms with Crippen molar-refractivity contribution in [2.75, 3.05) is 20.2 Å². The first-order valence-corrected chi connectivity index (χ1v) is 6.99. The molecule has 0 spiro atoms. The number of ether oxygens (including phenoxy) is 1. The molecule has 2 nitrogen and oxygen atoms in total. The summed E-state index contributed by atoms with van der Waals surface area (Å²) < 4.78 is 18.6. The molecule has 1 aromatic carbocycles. The number of halogens is 1. The molecule has 0 radical (unpaired) electrons. The molecule has 0 saturated heterocycles. The Bertz CT molecular complexity index is 392. The van der Waals surface area contributed by atoms with Gasteiger partial charge in [0.05, 0.1) is 7.11 Å². The number of benzene rings is 1. The van der Waals surface area contributed by atoms with E-state index < -0.39 is 0 Å². The summed E-state index contributed by atoms with van der Waals surface area (Å²) >= 11 is 0. The van der Waals surface area contributed by atoms with Gasteiger partial charge in [0.25, 0.3) is 0 Å². The molecule has 0 heterocycles. The molecule has 2 atom stereocenters. The van der Waals surface area contributed by atoms with Crippen LogP contribution < -0.4 is 10.1 Å². The van der Waals surface area contributed by atoms with Crippen molar-refractivity contribution >= 4 is 0 Å². The Morgan fingerprint density at radius 2 is 1.84 bits per heavy atom. The van der Waals surface area contributed by atoms with Gasteiger partial charge in [-0.2, -0.15) is 0 Å². The lowest BCUT2D eigenvalue weighted by molar-refractivity contribution is 0.384. The van der Waals surface area contributed by atoms with Crippen molar-refractivity contribution in [2.45, 2.75) is 33.6 Å². The average molecular weight is 267 g/mol. The van der Waals surface area contributed by atoms with Crippen LogP contribution in [0.3, 0.4) is 0 Å². The lowest BCUT2D eigenvalue weighted by Gasteiger charge is -2.22. The predicted molar refractivity (Wildman–Crippen MR) is 78.2 cm³/mol. The molecule has 0 fully saturated rings. The summed E-state index contributed by atoms with van der Waals surface area (Å²) in [6.45, 7) is 10.7. The largest absolute Gasteiger partial charge is 0.494 e. The number of nitrogens with one attached hydrogen (secondary N) is 1. The van der Waals surface area contributed by atoms with Crippen LogP contribution in [0.2, 0.25) is 0 Å². The summed E-state index contributed by atoms with van der Waals surface area (Å²) in [7, 11) is 1.49. The molecule has 108 valence electrons. The van der Waals surface area contributed by atoms with Gasteiger partial charge < -0.3 is 10.1 Å². The van der Waals surface area contributed by atoms with Gasteiger partial charge in [-0.1, -0.05) is 33.8 Å². The highest BCUT2D eigenvalue weighted by Gasteiger charge is 2.16. The summed E-state index contributed by atoms with van der Waals surface area (Å²) in [6.07, 6.45) is 0. The Labute approximate surface area is 116 Å². The molecular formula is C16H26FNO. The first kappa shape index (κ1) is 16.0. The maximum Gasteiger partial charge on any atom is 0.165 e. The third-order valence-electron chi connectivity index (χ3n) is 3.57. The summed E-state index contributed by atoms with van der Waals surface area (Å²) in [5.41, 5.74) is 1.03. The zero-order valence-corrected chi connectivity index (χ0v) is 12.7. The zero-order valence-electron chi connectivity index (χ0n) is 12.7. The minimum absolute atomic E-state index is 0.283. The standard InChI is InChI=1S/C16H26FNO/c1-11(2)9-18-10-12(3)13(4)14-6-7-16(19-5)15(17)8-14/h6-8,11-13,18H,9-10H2,1-5H3. The molecule has 19 heavy (non-hydrogen) atoms. The first-order chi connectivity index (χ1) is 8.95. The average Bonchev–Trinajstić information content (AvgIpc) is 2.37. The first-order valence-electron chi connectivity index (χ1n) is 6.99. The minimum Gasteiger partial charge on any atom is -0.494 e. The van der Waals surface area contributed by atoms with Gasteiger partial charge in [0, 0.05) is 0 Å². The van der Waals surface area contributed by atoms with Crippen molar-refractivity contribution in [3.8, 4) is 5.75 Å². The van der Waals surface area contributed by atoms with Crippen molar-refractivity contribution in [3.63, 3.8) is 0 Å². The van der Waals surface area contributed by atoms with Crippen molar-refractivity contribution in [3.05, 3.63) is 29.6 Å². The predicted octanol–water partition coefficient (Wildman–Crippen LogP) is 3.82. The second-order valence-corrected chi connectivity index (χ2v) is 5.71. The van der Waals surface area contributed by atoms with E-state index in [4.69, 9.17) is 4.74 Å². The summed E-state index contributed by atoms with van der Waals surface area (Å²) in [4.78, 5) is 0. The van der Waals surface area contributed by atoms with E-state index in [9.17, 15) is 4.39 Å². The van der Waals surface area contributed by atoms with E-state index in [-0.39, 0.29) is 5.82 Å². The molecule has 1 rings (SSSR count). The molecule has 0 aliphatic carbocycles. The van der Waals surface area contributed by atoms with Crippen molar-refractivity contribution < 1.29 is 9.13 Å². The van der Waals surface area contributed by atoms with Gasteiger partial charge in [0.2, 0.25) is 0 Å². The molecule has 0 amide bonds. The Morgan fingerprint density at radius 3 is 2.37 bits per heavy atom. The Hall–Kier alpha value is -1.09. The van der Waals surface area contributed by atoms with Gasteiger partial charge in [0.15, 0.2) is 11.6 Å². The van der Waals surface area contributed by atoms with Crippen LogP contribution in [-0.2, 0) is 0 Å². The summed E-state index contributed by atoms with van der Waals surface area (Å²) in [6, 6.07) is 5.24. The lowest BCUT2D eigenvalue weighted by atomic mass is 9.88. The topological polar surface area (TPSA) is 21.3 Å². The van der Waals surface area contributed by atoms with Crippen LogP contribution in [0.5, 0.6) is 5.75 Å². The van der Waals surface area contributed by atoms with E-state index in [1.165, 1.54) is 7.11 Å². The van der Waals surface area contributed by atoms with Gasteiger partial charge in [-0.15, -0.1) is 0 Å². The van der Waals surface area contributed by atoms with Crippen molar-refractivity contribution in [1.29, 1.82) is 0 Å². The fraction of sp³-hybridized carbons (Fsp3) is 0.625. The fourth-order valence-corrected chi connectivity index (χ4v) is 2.07. The van der Waals surface area contributed by atoms with Gasteiger partial charge in [-0.3, -0.25) is 0 Å². The van der Waals surface area contributed by atoms with Crippen LogP contribution in [0.1, 0.15) is 39.2 Å². The molecule has 3 heteroatoms. The van der Waals surface area contributed by atoms with E-state index in [0.717, 1.165) is 18.7 Å². The van der Waals surface area contributed by atoms with E-state index in [1.807, 2.05) is 6.07 Å². The molecule has 0 aromatic heterocycles. The number of rotatable bonds is 7. The minimum atomic E-state index is -0.283. The lowest BCUT2D eigenvalue weighted by Crippen LogP contribution is -2.27. The van der Waals surface area contributed by atoms with E-state index in [0.29, 0.717) is 23.5 Å². The van der Waals surface area contributed by atoms with Crippen LogP contribution in [0.25, 0.3) is 0 Å². The highest BCUT2D eigenvalue weighted by molar-refractivity contribution is 5.31. The normalized spacial score (nSPS) is 14.5. The van der Waals surface area contributed by atoms with Gasteiger partial charge in [-0.25, -0.2) is 4.39 Å². The molecule has 1 N–H and O–H groups in total. The van der Waals surface area contributed by atoms with Crippen molar-refractivity contribution in [2.24, 2.45) is 11.8 Å². The van der Waals surface area contributed by atoms with Crippen LogP contribution >= 0.6 is 0 Å². The summed E-state index contributed by atoms with van der Waals surface area (Å²) in [5.74, 6) is 1.46. The molecule has 0 bridgehead atoms. The molecule has 0 saturated carbocycles. The summed E-state index contributed by atoms with van der Waals surface area (Å²) in [5, 5.41) is 3.45. The van der Waals surface area contributed by atoms with E-state index >= 15 is 0 Å². The maximum atomic E-state index is 13.7. The second-order valence-electron chi connectivity index (χ2n) is 5.71. The molecule has 2 unspecified atom stereocenters. The monoisotopic (exact) mass is 267 g/mol. The van der Waals surface area contributed by atoms with Gasteiger partial charge >= 0.3 is 0 Å². The highest BCUT2D eigenvalue weighted by Crippen LogP contribution is 2.27. The number of hydrogen-bond donors (Lipinski definition) is 1. The SMILES string of the molecule is COc1ccc(C(C)C(C)CNCC(C)C)cc1F. The van der Waals surface area contributed by atoms with Gasteiger partial charge in [-0.05, 0) is 48.5 Å². The Kier molecular flexibility index (Phi) is 6.29. The highest BCUT2D eigenvalue weighted by atomic mass is 19.1. The van der Waals surface area contributed by atoms with E-state index in [2.05, 4.69) is 33.0 Å². The maximum absolute atomic E-state index is 13.7. The smallest absolute Gasteiger partial charge is 0.165 e. The van der Waals surface area contributed by atoms with E-state index in [1.54, 1.807) is 12.1 Å². The van der Waals surface area contributed by atoms with Crippen molar-refractivity contribution in [1.82, 2.24) is 5.32 Å². The Morgan fingerprint density at radius 1 is 1.16 bits per heavy atom.